The average molecular weight is 481 g/mol. The minimum atomic E-state index is -0.299. The maximum atomic E-state index is 12.4. The molecule has 0 aliphatic heterocycles. The SMILES string of the molecule is COc1ccccc1NC(=O)Cc1noc(CSc2nnnn2-c2cccc(NC(C)=O)c2)n1. The van der Waals surface area contributed by atoms with Crippen LogP contribution < -0.4 is 15.4 Å². The van der Waals surface area contributed by atoms with Gasteiger partial charge in [-0.25, -0.2) is 0 Å². The first-order valence-electron chi connectivity index (χ1n) is 10.1. The lowest BCUT2D eigenvalue weighted by Crippen LogP contribution is -2.15. The topological polar surface area (TPSA) is 150 Å². The summed E-state index contributed by atoms with van der Waals surface area (Å²) in [5.74, 6) is 0.964. The van der Waals surface area contributed by atoms with Crippen LogP contribution in [0, 0.1) is 0 Å². The third-order valence-corrected chi connectivity index (χ3v) is 5.29. The number of amides is 2. The summed E-state index contributed by atoms with van der Waals surface area (Å²) in [7, 11) is 1.53. The molecule has 2 aromatic heterocycles. The lowest BCUT2D eigenvalue weighted by molar-refractivity contribution is -0.116. The van der Waals surface area contributed by atoms with Gasteiger partial charge in [0.2, 0.25) is 22.9 Å². The standard InChI is InChI=1S/C21H20N8O4S/c1-13(30)22-14-6-5-7-15(10-14)29-21(25-27-28-29)34-12-20-24-18(26-33-20)11-19(31)23-16-8-3-4-9-17(16)32-2/h3-10H,11-12H2,1-2H3,(H,22,30)(H,23,31). The number of methoxy groups -OCH3 is 1. The molecule has 12 nitrogen and oxygen atoms in total. The van der Waals surface area contributed by atoms with Gasteiger partial charge in [-0.05, 0) is 40.8 Å². The van der Waals surface area contributed by atoms with Crippen molar-refractivity contribution in [1.29, 1.82) is 0 Å². The van der Waals surface area contributed by atoms with Crippen LogP contribution in [0.15, 0.2) is 58.2 Å². The molecule has 0 aliphatic carbocycles. The van der Waals surface area contributed by atoms with Crippen molar-refractivity contribution in [3.63, 3.8) is 0 Å². The molecule has 0 unspecified atom stereocenters. The van der Waals surface area contributed by atoms with Crippen molar-refractivity contribution in [3.8, 4) is 11.4 Å². The van der Waals surface area contributed by atoms with E-state index < -0.39 is 0 Å². The number of hydrogen-bond donors (Lipinski definition) is 2. The highest BCUT2D eigenvalue weighted by Crippen LogP contribution is 2.24. The molecule has 34 heavy (non-hydrogen) atoms. The molecule has 2 heterocycles. The summed E-state index contributed by atoms with van der Waals surface area (Å²) in [6, 6.07) is 14.2. The number of nitrogens with zero attached hydrogens (tertiary/aromatic N) is 6. The number of nitrogens with one attached hydrogen (secondary N) is 2. The number of ether oxygens (including phenoxy) is 1. The van der Waals surface area contributed by atoms with Crippen LogP contribution in [0.2, 0.25) is 0 Å². The van der Waals surface area contributed by atoms with Crippen molar-refractivity contribution < 1.29 is 18.8 Å². The van der Waals surface area contributed by atoms with Gasteiger partial charge in [-0.2, -0.15) is 9.67 Å². The third kappa shape index (κ3) is 5.75. The van der Waals surface area contributed by atoms with Gasteiger partial charge in [0.25, 0.3) is 0 Å². The molecule has 174 valence electrons. The highest BCUT2D eigenvalue weighted by molar-refractivity contribution is 7.98. The smallest absolute Gasteiger partial charge is 0.237 e. The number of carbonyl (C=O) groups excluding carboxylic acids is 2. The molecule has 0 fully saturated rings. The van der Waals surface area contributed by atoms with Gasteiger partial charge in [-0.15, -0.1) is 5.10 Å². The Morgan fingerprint density at radius 2 is 2.00 bits per heavy atom. The number of carbonyl (C=O) groups is 2. The molecule has 0 atom stereocenters. The maximum absolute atomic E-state index is 12.4. The quantitative estimate of drug-likeness (QED) is 0.342. The fourth-order valence-electron chi connectivity index (χ4n) is 2.98. The zero-order valence-electron chi connectivity index (χ0n) is 18.3. The number of benzene rings is 2. The van der Waals surface area contributed by atoms with Gasteiger partial charge in [-0.3, -0.25) is 9.59 Å². The Bertz CT molecular complexity index is 1310. The van der Waals surface area contributed by atoms with Gasteiger partial charge >= 0.3 is 0 Å². The summed E-state index contributed by atoms with van der Waals surface area (Å²) in [5, 5.41) is 21.6. The van der Waals surface area contributed by atoms with Crippen molar-refractivity contribution >= 4 is 35.0 Å². The van der Waals surface area contributed by atoms with E-state index in [1.807, 2.05) is 12.1 Å². The Morgan fingerprint density at radius 1 is 1.15 bits per heavy atom. The van der Waals surface area contributed by atoms with Crippen LogP contribution in [0.4, 0.5) is 11.4 Å². The van der Waals surface area contributed by atoms with Crippen molar-refractivity contribution in [2.45, 2.75) is 24.3 Å². The molecule has 0 spiro atoms. The van der Waals surface area contributed by atoms with E-state index in [2.05, 4.69) is 36.3 Å². The van der Waals surface area contributed by atoms with Gasteiger partial charge in [0, 0.05) is 12.6 Å². The maximum Gasteiger partial charge on any atom is 0.237 e. The fourth-order valence-corrected chi connectivity index (χ4v) is 3.71. The van der Waals surface area contributed by atoms with E-state index in [0.717, 1.165) is 0 Å². The van der Waals surface area contributed by atoms with Crippen LogP contribution in [0.1, 0.15) is 18.6 Å². The minimum absolute atomic E-state index is 0.0557. The van der Waals surface area contributed by atoms with E-state index >= 15 is 0 Å². The Kier molecular flexibility index (Phi) is 7.13. The highest BCUT2D eigenvalue weighted by Gasteiger charge is 2.15. The molecule has 4 aromatic rings. The van der Waals surface area contributed by atoms with Crippen LogP contribution in [0.5, 0.6) is 5.75 Å². The largest absolute Gasteiger partial charge is 0.495 e. The van der Waals surface area contributed by atoms with Gasteiger partial charge in [0.1, 0.15) is 5.75 Å². The Labute approximate surface area is 198 Å². The molecule has 2 amide bonds. The van der Waals surface area contributed by atoms with E-state index in [1.165, 1.54) is 30.5 Å². The molecule has 0 saturated heterocycles. The lowest BCUT2D eigenvalue weighted by atomic mass is 10.2. The number of anilines is 2. The van der Waals surface area contributed by atoms with Gasteiger partial charge in [0.05, 0.1) is 30.7 Å². The third-order valence-electron chi connectivity index (χ3n) is 4.39. The van der Waals surface area contributed by atoms with Crippen molar-refractivity contribution in [2.24, 2.45) is 0 Å². The molecule has 4 rings (SSSR count). The summed E-state index contributed by atoms with van der Waals surface area (Å²) in [6.07, 6.45) is -0.0557. The van der Waals surface area contributed by atoms with E-state index in [9.17, 15) is 9.59 Å². The van der Waals surface area contributed by atoms with Crippen molar-refractivity contribution in [3.05, 3.63) is 60.2 Å². The van der Waals surface area contributed by atoms with E-state index in [-0.39, 0.29) is 24.1 Å². The highest BCUT2D eigenvalue weighted by atomic mass is 32.2. The molecule has 2 aromatic carbocycles. The monoisotopic (exact) mass is 480 g/mol. The number of aromatic nitrogens is 6. The molecule has 0 aliphatic rings. The van der Waals surface area contributed by atoms with E-state index in [0.29, 0.717) is 39.6 Å². The first-order chi connectivity index (χ1) is 16.5. The summed E-state index contributed by atoms with van der Waals surface area (Å²) in [6.45, 7) is 1.44. The molecular weight excluding hydrogens is 460 g/mol. The molecule has 13 heteroatoms. The number of para-hydroxylation sites is 2. The zero-order chi connectivity index (χ0) is 23.9. The second kappa shape index (κ2) is 10.6. The minimum Gasteiger partial charge on any atom is -0.495 e. The number of tetrazole rings is 1. The van der Waals surface area contributed by atoms with Gasteiger partial charge < -0.3 is 19.9 Å². The second-order valence-corrected chi connectivity index (χ2v) is 7.87. The summed E-state index contributed by atoms with van der Waals surface area (Å²) in [5.41, 5.74) is 1.87. The lowest BCUT2D eigenvalue weighted by Gasteiger charge is -2.08. The fraction of sp³-hybridized carbons (Fsp3) is 0.190. The summed E-state index contributed by atoms with van der Waals surface area (Å²) >= 11 is 1.29. The Balaban J connectivity index is 1.36. The zero-order valence-corrected chi connectivity index (χ0v) is 19.1. The van der Waals surface area contributed by atoms with Crippen LogP contribution in [-0.4, -0.2) is 49.3 Å². The van der Waals surface area contributed by atoms with E-state index in [1.54, 1.807) is 36.4 Å². The van der Waals surface area contributed by atoms with Crippen LogP contribution >= 0.6 is 11.8 Å². The van der Waals surface area contributed by atoms with Gasteiger partial charge in [0.15, 0.2) is 5.82 Å². The normalized spacial score (nSPS) is 10.6. The molecule has 0 bridgehead atoms. The van der Waals surface area contributed by atoms with Crippen LogP contribution in [-0.2, 0) is 21.8 Å². The average Bonchev–Trinajstić information content (AvgIpc) is 3.47. The summed E-state index contributed by atoms with van der Waals surface area (Å²) < 4.78 is 12.0. The number of thioether (sulfide) groups is 1. The number of rotatable bonds is 9. The van der Waals surface area contributed by atoms with Crippen LogP contribution in [0.25, 0.3) is 5.69 Å². The predicted octanol–water partition coefficient (Wildman–Crippen LogP) is 2.49. The van der Waals surface area contributed by atoms with E-state index in [4.69, 9.17) is 9.26 Å². The first-order valence-corrected chi connectivity index (χ1v) is 11.0. The Hall–Kier alpha value is -4.26. The molecule has 2 N–H and O–H groups in total. The predicted molar refractivity (Wildman–Crippen MR) is 123 cm³/mol. The van der Waals surface area contributed by atoms with Crippen molar-refractivity contribution in [2.75, 3.05) is 17.7 Å². The summed E-state index contributed by atoms with van der Waals surface area (Å²) in [4.78, 5) is 27.9. The van der Waals surface area contributed by atoms with Crippen molar-refractivity contribution in [1.82, 2.24) is 30.3 Å². The first kappa shape index (κ1) is 22.9. The van der Waals surface area contributed by atoms with Gasteiger partial charge in [-0.1, -0.05) is 35.1 Å². The molecule has 0 saturated carbocycles. The molecular formula is C21H20N8O4S. The van der Waals surface area contributed by atoms with Crippen LogP contribution in [0.3, 0.4) is 0 Å². The second-order valence-electron chi connectivity index (χ2n) is 6.92. The molecule has 0 radical (unpaired) electrons. The number of hydrogen-bond acceptors (Lipinski definition) is 10. The Morgan fingerprint density at radius 3 is 2.82 bits per heavy atom.